The molecule has 7 nitrogen and oxygen atoms in total. The number of nitrogens with two attached hydrogens (primary N) is 1. The van der Waals surface area contributed by atoms with Gasteiger partial charge in [0.15, 0.2) is 5.82 Å². The molecular weight excluding hydrogens is 236 g/mol. The second-order valence-corrected chi connectivity index (χ2v) is 4.28. The third kappa shape index (κ3) is 2.32. The molecule has 18 heavy (non-hydrogen) atoms. The lowest BCUT2D eigenvalue weighted by atomic mass is 10.2. The number of H-pyrrole nitrogens is 1. The minimum absolute atomic E-state index is 0.0491. The van der Waals surface area contributed by atoms with Gasteiger partial charge in [0.25, 0.3) is 5.56 Å². The first-order chi connectivity index (χ1) is 8.67. The number of rotatable bonds is 3. The molecule has 1 aliphatic heterocycles. The number of aromatic nitrogens is 2. The Hall–Kier alpha value is -1.60. The maximum absolute atomic E-state index is 11.7. The van der Waals surface area contributed by atoms with E-state index in [9.17, 15) is 4.79 Å². The predicted molar refractivity (Wildman–Crippen MR) is 67.0 cm³/mol. The summed E-state index contributed by atoms with van der Waals surface area (Å²) in [6.07, 6.45) is 1.33. The molecule has 0 radical (unpaired) electrons. The van der Waals surface area contributed by atoms with Gasteiger partial charge in [0.1, 0.15) is 0 Å². The number of methoxy groups -OCH3 is 1. The Kier molecular flexibility index (Phi) is 3.83. The first-order valence-electron chi connectivity index (χ1n) is 5.87. The van der Waals surface area contributed by atoms with Crippen LogP contribution in [0.3, 0.4) is 0 Å². The standard InChI is InChI=1S/C11H18N4O3/c1-7-5-18-8(3-12)4-15(7)10-9(17-2)11(16)14-6-13-10/h6-8H,3-5,12H2,1-2H3,(H,13,14,16). The second-order valence-electron chi connectivity index (χ2n) is 4.28. The van der Waals surface area contributed by atoms with Crippen molar-refractivity contribution < 1.29 is 9.47 Å². The van der Waals surface area contributed by atoms with Gasteiger partial charge in [0.05, 0.1) is 32.2 Å². The van der Waals surface area contributed by atoms with Crippen LogP contribution >= 0.6 is 0 Å². The first kappa shape index (κ1) is 12.8. The maximum atomic E-state index is 11.7. The van der Waals surface area contributed by atoms with Gasteiger partial charge in [-0.25, -0.2) is 4.98 Å². The topological polar surface area (TPSA) is 93.5 Å². The number of ether oxygens (including phenoxy) is 2. The van der Waals surface area contributed by atoms with Gasteiger partial charge in [0.2, 0.25) is 5.75 Å². The molecule has 0 spiro atoms. The molecule has 1 aromatic heterocycles. The molecule has 0 saturated carbocycles. The summed E-state index contributed by atoms with van der Waals surface area (Å²) in [6.45, 7) is 3.60. The lowest BCUT2D eigenvalue weighted by Crippen LogP contribution is -2.51. The van der Waals surface area contributed by atoms with E-state index in [0.29, 0.717) is 25.5 Å². The Morgan fingerprint density at radius 3 is 3.17 bits per heavy atom. The van der Waals surface area contributed by atoms with Crippen LogP contribution in [0.4, 0.5) is 5.82 Å². The molecule has 3 N–H and O–H groups in total. The van der Waals surface area contributed by atoms with Gasteiger partial charge in [0, 0.05) is 13.1 Å². The fourth-order valence-corrected chi connectivity index (χ4v) is 2.02. The van der Waals surface area contributed by atoms with E-state index in [1.165, 1.54) is 13.4 Å². The van der Waals surface area contributed by atoms with Crippen molar-refractivity contribution in [3.63, 3.8) is 0 Å². The summed E-state index contributed by atoms with van der Waals surface area (Å²) < 4.78 is 10.7. The maximum Gasteiger partial charge on any atom is 0.295 e. The molecule has 0 aromatic carbocycles. The summed E-state index contributed by atoms with van der Waals surface area (Å²) in [5.41, 5.74) is 5.33. The zero-order valence-electron chi connectivity index (χ0n) is 10.5. The molecule has 1 saturated heterocycles. The van der Waals surface area contributed by atoms with E-state index >= 15 is 0 Å². The van der Waals surface area contributed by atoms with Crippen LogP contribution in [0.25, 0.3) is 0 Å². The van der Waals surface area contributed by atoms with E-state index < -0.39 is 0 Å². The van der Waals surface area contributed by atoms with Gasteiger partial charge in [-0.05, 0) is 6.92 Å². The minimum atomic E-state index is -0.287. The summed E-state index contributed by atoms with van der Waals surface area (Å²) in [5.74, 6) is 0.762. The number of anilines is 1. The van der Waals surface area contributed by atoms with Crippen LogP contribution in [0.5, 0.6) is 5.75 Å². The molecular formula is C11H18N4O3. The van der Waals surface area contributed by atoms with Crippen molar-refractivity contribution >= 4 is 5.82 Å². The number of hydrogen-bond acceptors (Lipinski definition) is 6. The molecule has 1 aliphatic rings. The van der Waals surface area contributed by atoms with E-state index in [2.05, 4.69) is 9.97 Å². The van der Waals surface area contributed by atoms with E-state index in [0.717, 1.165) is 0 Å². The van der Waals surface area contributed by atoms with Crippen molar-refractivity contribution in [3.05, 3.63) is 16.7 Å². The molecule has 0 bridgehead atoms. The number of morpholine rings is 1. The van der Waals surface area contributed by atoms with E-state index in [1.807, 2.05) is 11.8 Å². The molecule has 0 aliphatic carbocycles. The average molecular weight is 254 g/mol. The molecule has 1 aromatic rings. The van der Waals surface area contributed by atoms with Crippen molar-refractivity contribution in [2.24, 2.45) is 5.73 Å². The third-order valence-electron chi connectivity index (χ3n) is 3.04. The Morgan fingerprint density at radius 2 is 2.50 bits per heavy atom. The monoisotopic (exact) mass is 254 g/mol. The fraction of sp³-hybridized carbons (Fsp3) is 0.636. The van der Waals surface area contributed by atoms with Crippen LogP contribution in [0, 0.1) is 0 Å². The van der Waals surface area contributed by atoms with Crippen LogP contribution in [0.15, 0.2) is 11.1 Å². The third-order valence-corrected chi connectivity index (χ3v) is 3.04. The van der Waals surface area contributed by atoms with Gasteiger partial charge in [-0.1, -0.05) is 0 Å². The first-order valence-corrected chi connectivity index (χ1v) is 5.87. The minimum Gasteiger partial charge on any atom is -0.489 e. The summed E-state index contributed by atoms with van der Waals surface area (Å²) in [7, 11) is 1.46. The van der Waals surface area contributed by atoms with Crippen molar-refractivity contribution in [2.75, 3.05) is 31.7 Å². The molecule has 100 valence electrons. The Balaban J connectivity index is 2.34. The molecule has 0 amide bonds. The molecule has 7 heteroatoms. The Labute approximate surface area is 105 Å². The van der Waals surface area contributed by atoms with Crippen molar-refractivity contribution in [3.8, 4) is 5.75 Å². The SMILES string of the molecule is COc1c(N2CC(CN)OCC2C)nc[nH]c1=O. The number of hydrogen-bond donors (Lipinski definition) is 2. The zero-order valence-corrected chi connectivity index (χ0v) is 10.5. The smallest absolute Gasteiger partial charge is 0.295 e. The van der Waals surface area contributed by atoms with Crippen LogP contribution in [-0.2, 0) is 4.74 Å². The lowest BCUT2D eigenvalue weighted by Gasteiger charge is -2.38. The number of nitrogens with zero attached hydrogens (tertiary/aromatic N) is 2. The largest absolute Gasteiger partial charge is 0.489 e. The van der Waals surface area contributed by atoms with Crippen LogP contribution in [0.1, 0.15) is 6.92 Å². The molecule has 2 unspecified atom stereocenters. The summed E-state index contributed by atoms with van der Waals surface area (Å²) >= 11 is 0. The van der Waals surface area contributed by atoms with E-state index in [4.69, 9.17) is 15.2 Å². The van der Waals surface area contributed by atoms with E-state index in [1.54, 1.807) is 0 Å². The Bertz CT molecular complexity index is 462. The average Bonchev–Trinajstić information content (AvgIpc) is 2.39. The number of aromatic amines is 1. The number of nitrogens with one attached hydrogen (secondary N) is 1. The van der Waals surface area contributed by atoms with Gasteiger partial charge < -0.3 is 25.1 Å². The predicted octanol–water partition coefficient (Wildman–Crippen LogP) is -0.669. The van der Waals surface area contributed by atoms with Crippen LogP contribution in [0.2, 0.25) is 0 Å². The van der Waals surface area contributed by atoms with Crippen molar-refractivity contribution in [1.82, 2.24) is 9.97 Å². The highest BCUT2D eigenvalue weighted by Crippen LogP contribution is 2.25. The molecule has 2 rings (SSSR count). The van der Waals surface area contributed by atoms with Gasteiger partial charge in [-0.2, -0.15) is 0 Å². The van der Waals surface area contributed by atoms with Gasteiger partial charge in [-0.15, -0.1) is 0 Å². The highest BCUT2D eigenvalue weighted by molar-refractivity contribution is 5.51. The highest BCUT2D eigenvalue weighted by Gasteiger charge is 2.29. The quantitative estimate of drug-likeness (QED) is 0.743. The lowest BCUT2D eigenvalue weighted by molar-refractivity contribution is 0.0278. The van der Waals surface area contributed by atoms with Crippen LogP contribution in [-0.4, -0.2) is 48.9 Å². The normalized spacial score (nSPS) is 24.1. The molecule has 1 fully saturated rings. The molecule has 2 heterocycles. The summed E-state index contributed by atoms with van der Waals surface area (Å²) in [4.78, 5) is 20.4. The highest BCUT2D eigenvalue weighted by atomic mass is 16.5. The Morgan fingerprint density at radius 1 is 1.72 bits per heavy atom. The van der Waals surface area contributed by atoms with Gasteiger partial charge in [-0.3, -0.25) is 4.79 Å². The summed E-state index contributed by atoms with van der Waals surface area (Å²) in [6, 6.07) is 0.121. The fourth-order valence-electron chi connectivity index (χ4n) is 2.02. The zero-order chi connectivity index (χ0) is 13.1. The molecule has 2 atom stereocenters. The summed E-state index contributed by atoms with van der Waals surface area (Å²) in [5, 5.41) is 0. The van der Waals surface area contributed by atoms with Crippen molar-refractivity contribution in [2.45, 2.75) is 19.1 Å². The van der Waals surface area contributed by atoms with E-state index in [-0.39, 0.29) is 23.5 Å². The van der Waals surface area contributed by atoms with Crippen molar-refractivity contribution in [1.29, 1.82) is 0 Å². The second kappa shape index (κ2) is 5.36. The van der Waals surface area contributed by atoms with Gasteiger partial charge >= 0.3 is 0 Å². The van der Waals surface area contributed by atoms with Crippen LogP contribution < -0.4 is 20.9 Å².